The SMILES string of the molecule is COc1ccc(C2=C(Nc3ccc(C(C)(C)C)cc3)C(=O)N(c3cc(F)ccc3F)C2=O)cc1. The van der Waals surface area contributed by atoms with Crippen molar-refractivity contribution in [1.29, 1.82) is 0 Å². The van der Waals surface area contributed by atoms with Gasteiger partial charge in [0.2, 0.25) is 0 Å². The molecule has 0 aliphatic carbocycles. The molecule has 1 N–H and O–H groups in total. The topological polar surface area (TPSA) is 58.6 Å². The lowest BCUT2D eigenvalue weighted by atomic mass is 9.87. The second-order valence-electron chi connectivity index (χ2n) is 8.97. The number of imide groups is 1. The van der Waals surface area contributed by atoms with Crippen LogP contribution in [0.1, 0.15) is 31.9 Å². The summed E-state index contributed by atoms with van der Waals surface area (Å²) in [7, 11) is 1.52. The van der Waals surface area contributed by atoms with E-state index in [-0.39, 0.29) is 16.7 Å². The van der Waals surface area contributed by atoms with E-state index in [0.29, 0.717) is 21.9 Å². The molecule has 0 saturated carbocycles. The van der Waals surface area contributed by atoms with E-state index in [2.05, 4.69) is 26.1 Å². The van der Waals surface area contributed by atoms with E-state index >= 15 is 0 Å². The molecular formula is C27H24F2N2O3. The van der Waals surface area contributed by atoms with Gasteiger partial charge in [-0.2, -0.15) is 0 Å². The summed E-state index contributed by atoms with van der Waals surface area (Å²) in [5.74, 6) is -2.61. The van der Waals surface area contributed by atoms with Gasteiger partial charge in [0.1, 0.15) is 23.1 Å². The number of nitrogens with one attached hydrogen (secondary N) is 1. The molecule has 1 heterocycles. The molecule has 3 aromatic rings. The van der Waals surface area contributed by atoms with E-state index in [0.717, 1.165) is 23.8 Å². The van der Waals surface area contributed by atoms with Gasteiger partial charge < -0.3 is 10.1 Å². The van der Waals surface area contributed by atoms with Crippen molar-refractivity contribution < 1.29 is 23.1 Å². The molecule has 2 amide bonds. The molecule has 0 aromatic heterocycles. The fourth-order valence-corrected chi connectivity index (χ4v) is 3.75. The second-order valence-corrected chi connectivity index (χ2v) is 8.97. The van der Waals surface area contributed by atoms with Crippen LogP contribution in [0.3, 0.4) is 0 Å². The average molecular weight is 462 g/mol. The fourth-order valence-electron chi connectivity index (χ4n) is 3.75. The van der Waals surface area contributed by atoms with Gasteiger partial charge in [0, 0.05) is 11.8 Å². The molecule has 174 valence electrons. The number of benzene rings is 3. The van der Waals surface area contributed by atoms with Gasteiger partial charge in [-0.15, -0.1) is 0 Å². The number of methoxy groups -OCH3 is 1. The molecule has 1 aliphatic rings. The molecule has 0 radical (unpaired) electrons. The maximum absolute atomic E-state index is 14.5. The average Bonchev–Trinajstić information content (AvgIpc) is 3.04. The highest BCUT2D eigenvalue weighted by atomic mass is 19.1. The van der Waals surface area contributed by atoms with E-state index < -0.39 is 29.1 Å². The highest BCUT2D eigenvalue weighted by Crippen LogP contribution is 2.36. The van der Waals surface area contributed by atoms with Crippen LogP contribution >= 0.6 is 0 Å². The van der Waals surface area contributed by atoms with Crippen LogP contribution in [0.4, 0.5) is 20.2 Å². The molecule has 34 heavy (non-hydrogen) atoms. The van der Waals surface area contributed by atoms with E-state index in [1.807, 2.05) is 24.3 Å². The van der Waals surface area contributed by atoms with Crippen LogP contribution < -0.4 is 15.0 Å². The predicted octanol–water partition coefficient (Wildman–Crippen LogP) is 5.67. The van der Waals surface area contributed by atoms with E-state index in [9.17, 15) is 18.4 Å². The van der Waals surface area contributed by atoms with Gasteiger partial charge in [-0.05, 0) is 52.9 Å². The number of rotatable bonds is 5. The molecule has 7 heteroatoms. The molecule has 3 aromatic carbocycles. The van der Waals surface area contributed by atoms with Gasteiger partial charge in [0.15, 0.2) is 0 Å². The van der Waals surface area contributed by atoms with Crippen molar-refractivity contribution in [3.8, 4) is 5.75 Å². The number of hydrogen-bond donors (Lipinski definition) is 1. The Hall–Kier alpha value is -4.00. The zero-order chi connectivity index (χ0) is 24.6. The summed E-state index contributed by atoms with van der Waals surface area (Å²) in [5, 5.41) is 3.03. The summed E-state index contributed by atoms with van der Waals surface area (Å²) in [4.78, 5) is 27.5. The number of carbonyl (C=O) groups is 2. The molecule has 0 atom stereocenters. The van der Waals surface area contributed by atoms with Crippen molar-refractivity contribution in [1.82, 2.24) is 0 Å². The Kier molecular flexibility index (Phi) is 5.96. The molecule has 0 spiro atoms. The number of amides is 2. The minimum Gasteiger partial charge on any atom is -0.497 e. The van der Waals surface area contributed by atoms with Crippen LogP contribution in [0.2, 0.25) is 0 Å². The lowest BCUT2D eigenvalue weighted by Crippen LogP contribution is -2.33. The highest BCUT2D eigenvalue weighted by molar-refractivity contribution is 6.46. The second kappa shape index (κ2) is 8.74. The van der Waals surface area contributed by atoms with Crippen molar-refractivity contribution >= 4 is 28.8 Å². The third kappa shape index (κ3) is 4.29. The van der Waals surface area contributed by atoms with E-state index in [4.69, 9.17) is 4.74 Å². The van der Waals surface area contributed by atoms with Gasteiger partial charge >= 0.3 is 0 Å². The molecule has 5 nitrogen and oxygen atoms in total. The van der Waals surface area contributed by atoms with Crippen LogP contribution in [0.5, 0.6) is 5.75 Å². The first-order valence-electron chi connectivity index (χ1n) is 10.7. The van der Waals surface area contributed by atoms with Crippen molar-refractivity contribution in [2.24, 2.45) is 0 Å². The molecule has 0 bridgehead atoms. The van der Waals surface area contributed by atoms with Crippen LogP contribution in [0.15, 0.2) is 72.4 Å². The third-order valence-corrected chi connectivity index (χ3v) is 5.63. The minimum absolute atomic E-state index is 0.0256. The summed E-state index contributed by atoms with van der Waals surface area (Å²) >= 11 is 0. The summed E-state index contributed by atoms with van der Waals surface area (Å²) in [6.45, 7) is 6.26. The Labute approximate surface area is 196 Å². The van der Waals surface area contributed by atoms with Crippen molar-refractivity contribution in [2.75, 3.05) is 17.3 Å². The summed E-state index contributed by atoms with van der Waals surface area (Å²) in [6.07, 6.45) is 0. The van der Waals surface area contributed by atoms with Crippen molar-refractivity contribution in [3.05, 3.63) is 95.2 Å². The zero-order valence-corrected chi connectivity index (χ0v) is 19.3. The maximum atomic E-state index is 14.5. The molecular weight excluding hydrogens is 438 g/mol. The number of nitrogens with zero attached hydrogens (tertiary/aromatic N) is 1. The number of carbonyl (C=O) groups excluding carboxylic acids is 2. The largest absolute Gasteiger partial charge is 0.497 e. The van der Waals surface area contributed by atoms with Crippen LogP contribution in [-0.2, 0) is 15.0 Å². The fraction of sp³-hybridized carbons (Fsp3) is 0.185. The van der Waals surface area contributed by atoms with Crippen molar-refractivity contribution in [2.45, 2.75) is 26.2 Å². The number of halogens is 2. The quantitative estimate of drug-likeness (QED) is 0.497. The first-order valence-corrected chi connectivity index (χ1v) is 10.7. The van der Waals surface area contributed by atoms with E-state index in [1.54, 1.807) is 24.3 Å². The summed E-state index contributed by atoms with van der Waals surface area (Å²) in [5.41, 5.74) is 1.64. The molecule has 4 rings (SSSR count). The number of hydrogen-bond acceptors (Lipinski definition) is 4. The van der Waals surface area contributed by atoms with Gasteiger partial charge in [0.25, 0.3) is 11.8 Å². The smallest absolute Gasteiger partial charge is 0.282 e. The number of anilines is 2. The molecule has 0 fully saturated rings. The Bertz CT molecular complexity index is 1290. The normalized spacial score (nSPS) is 14.1. The molecule has 0 saturated heterocycles. The van der Waals surface area contributed by atoms with Gasteiger partial charge in [0.05, 0.1) is 18.4 Å². The maximum Gasteiger partial charge on any atom is 0.282 e. The monoisotopic (exact) mass is 462 g/mol. The Morgan fingerprint density at radius 2 is 1.50 bits per heavy atom. The predicted molar refractivity (Wildman–Crippen MR) is 128 cm³/mol. The van der Waals surface area contributed by atoms with Gasteiger partial charge in [-0.25, -0.2) is 13.7 Å². The minimum atomic E-state index is -0.882. The van der Waals surface area contributed by atoms with E-state index in [1.165, 1.54) is 7.11 Å². The Morgan fingerprint density at radius 1 is 0.853 bits per heavy atom. The zero-order valence-electron chi connectivity index (χ0n) is 19.3. The Balaban J connectivity index is 1.80. The summed E-state index contributed by atoms with van der Waals surface area (Å²) < 4.78 is 33.6. The first-order chi connectivity index (χ1) is 16.1. The van der Waals surface area contributed by atoms with Crippen LogP contribution in [-0.4, -0.2) is 18.9 Å². The lowest BCUT2D eigenvalue weighted by molar-refractivity contribution is -0.120. The van der Waals surface area contributed by atoms with Crippen LogP contribution in [0.25, 0.3) is 5.57 Å². The highest BCUT2D eigenvalue weighted by Gasteiger charge is 2.41. The lowest BCUT2D eigenvalue weighted by Gasteiger charge is -2.19. The third-order valence-electron chi connectivity index (χ3n) is 5.63. The Morgan fingerprint density at radius 3 is 2.09 bits per heavy atom. The molecule has 1 aliphatic heterocycles. The van der Waals surface area contributed by atoms with Crippen LogP contribution in [0, 0.1) is 11.6 Å². The van der Waals surface area contributed by atoms with Gasteiger partial charge in [-0.1, -0.05) is 45.0 Å². The standard InChI is InChI=1S/C27H24F2N2O3/c1-27(2,3)17-7-10-19(11-8-17)30-24-23(16-5-12-20(34-4)13-6-16)25(32)31(26(24)33)22-15-18(28)9-14-21(22)29/h5-15,30H,1-4H3. The van der Waals surface area contributed by atoms with Crippen molar-refractivity contribution in [3.63, 3.8) is 0 Å². The van der Waals surface area contributed by atoms with Gasteiger partial charge in [-0.3, -0.25) is 9.59 Å². The number of ether oxygens (including phenoxy) is 1. The first kappa shape index (κ1) is 23.2. The molecule has 0 unspecified atom stereocenters. The summed E-state index contributed by atoms with van der Waals surface area (Å²) in [6, 6.07) is 16.7.